The van der Waals surface area contributed by atoms with Gasteiger partial charge in [0.05, 0.1) is 41.3 Å². The molecule has 0 atom stereocenters. The van der Waals surface area contributed by atoms with E-state index in [1.807, 2.05) is 40.7 Å². The van der Waals surface area contributed by atoms with E-state index in [4.69, 9.17) is 37.8 Å². The monoisotopic (exact) mass is 561 g/mol. The smallest absolute Gasteiger partial charge is 0.322 e. The third-order valence-electron chi connectivity index (χ3n) is 5.74. The van der Waals surface area contributed by atoms with Crippen LogP contribution < -0.4 is 20.1 Å². The van der Waals surface area contributed by atoms with E-state index in [0.29, 0.717) is 38.7 Å². The van der Waals surface area contributed by atoms with E-state index in [1.54, 1.807) is 48.2 Å². The van der Waals surface area contributed by atoms with Gasteiger partial charge in [-0.25, -0.2) is 9.48 Å². The van der Waals surface area contributed by atoms with Crippen molar-refractivity contribution in [1.29, 1.82) is 0 Å². The maximum absolute atomic E-state index is 13.2. The van der Waals surface area contributed by atoms with Gasteiger partial charge in [0, 0.05) is 23.6 Å². The molecule has 0 unspecified atom stereocenters. The largest absolute Gasteiger partial charge is 0.497 e. The molecule has 0 saturated carbocycles. The molecule has 204 valence electrons. The Morgan fingerprint density at radius 2 is 1.71 bits per heavy atom. The van der Waals surface area contributed by atoms with Crippen molar-refractivity contribution in [2.45, 2.75) is 46.1 Å². The molecule has 1 heterocycles. The molecule has 1 aromatic heterocycles. The standard InChI is InChI=1S/C27H33Cl2N5O4/c1-16(2)33(26(36)30-21-11-9-18(37-6)13-22(21)38-7)15-25(35)31-24-14-23(27(3,4)5)32-34(24)17-8-10-19(28)20(29)12-17/h8-14,16H,15H2,1-7H3,(H,30,36)(H,31,35). The van der Waals surface area contributed by atoms with Crippen LogP contribution in [0.2, 0.25) is 10.0 Å². The number of rotatable bonds is 8. The fraction of sp³-hybridized carbons (Fsp3) is 0.370. The van der Waals surface area contributed by atoms with Gasteiger partial charge in [-0.15, -0.1) is 0 Å². The van der Waals surface area contributed by atoms with E-state index >= 15 is 0 Å². The number of nitrogens with zero attached hydrogens (tertiary/aromatic N) is 3. The van der Waals surface area contributed by atoms with Gasteiger partial charge < -0.3 is 25.0 Å². The van der Waals surface area contributed by atoms with Crippen molar-refractivity contribution in [2.24, 2.45) is 0 Å². The molecule has 0 fully saturated rings. The number of carbonyl (C=O) groups excluding carboxylic acids is 2. The second-order valence-corrected chi connectivity index (χ2v) is 10.8. The lowest BCUT2D eigenvalue weighted by Crippen LogP contribution is -2.44. The fourth-order valence-electron chi connectivity index (χ4n) is 3.57. The van der Waals surface area contributed by atoms with Crippen LogP contribution in [-0.2, 0) is 10.2 Å². The molecule has 0 saturated heterocycles. The summed E-state index contributed by atoms with van der Waals surface area (Å²) in [5.74, 6) is 1.08. The van der Waals surface area contributed by atoms with E-state index in [9.17, 15) is 9.59 Å². The minimum atomic E-state index is -0.452. The molecular formula is C27H33Cl2N5O4. The predicted octanol–water partition coefficient (Wildman–Crippen LogP) is 6.37. The van der Waals surface area contributed by atoms with Crippen molar-refractivity contribution in [3.05, 3.63) is 58.2 Å². The predicted molar refractivity (Wildman–Crippen MR) is 151 cm³/mol. The molecule has 0 bridgehead atoms. The van der Waals surface area contributed by atoms with Crippen molar-refractivity contribution < 1.29 is 19.1 Å². The highest BCUT2D eigenvalue weighted by Crippen LogP contribution is 2.31. The Bertz CT molecular complexity index is 1320. The van der Waals surface area contributed by atoms with Gasteiger partial charge in [0.1, 0.15) is 23.9 Å². The number of ether oxygens (including phenoxy) is 2. The Hall–Kier alpha value is -3.43. The molecule has 9 nitrogen and oxygen atoms in total. The summed E-state index contributed by atoms with van der Waals surface area (Å²) in [5, 5.41) is 11.2. The van der Waals surface area contributed by atoms with Crippen LogP contribution in [0.25, 0.3) is 5.69 Å². The first-order valence-corrected chi connectivity index (χ1v) is 12.7. The van der Waals surface area contributed by atoms with Crippen molar-refractivity contribution >= 4 is 46.6 Å². The molecule has 0 aliphatic heterocycles. The number of amides is 3. The van der Waals surface area contributed by atoms with Crippen molar-refractivity contribution in [3.63, 3.8) is 0 Å². The average molecular weight is 562 g/mol. The number of benzene rings is 2. The number of aromatic nitrogens is 2. The van der Waals surface area contributed by atoms with Crippen LogP contribution in [0.3, 0.4) is 0 Å². The zero-order valence-electron chi connectivity index (χ0n) is 22.6. The van der Waals surface area contributed by atoms with Crippen LogP contribution in [0.1, 0.15) is 40.3 Å². The van der Waals surface area contributed by atoms with Crippen LogP contribution in [0.4, 0.5) is 16.3 Å². The van der Waals surface area contributed by atoms with Gasteiger partial charge in [0.25, 0.3) is 0 Å². The molecule has 3 amide bonds. The average Bonchev–Trinajstić information content (AvgIpc) is 3.28. The number of nitrogens with one attached hydrogen (secondary N) is 2. The molecule has 3 aromatic rings. The Balaban J connectivity index is 1.84. The van der Waals surface area contributed by atoms with Crippen LogP contribution in [-0.4, -0.2) is 53.4 Å². The van der Waals surface area contributed by atoms with Gasteiger partial charge in [0.15, 0.2) is 0 Å². The summed E-state index contributed by atoms with van der Waals surface area (Å²) in [7, 11) is 3.05. The Labute approximate surface area is 233 Å². The first kappa shape index (κ1) is 29.1. The van der Waals surface area contributed by atoms with Gasteiger partial charge in [-0.3, -0.25) is 4.79 Å². The van der Waals surface area contributed by atoms with Crippen LogP contribution >= 0.6 is 23.2 Å². The SMILES string of the molecule is COc1ccc(NC(=O)N(CC(=O)Nc2cc(C(C)(C)C)nn2-c2ccc(Cl)c(Cl)c2)C(C)C)c(OC)c1. The summed E-state index contributed by atoms with van der Waals surface area (Å²) in [6, 6.07) is 11.2. The topological polar surface area (TPSA) is 97.7 Å². The highest BCUT2D eigenvalue weighted by atomic mass is 35.5. The normalized spacial score (nSPS) is 11.3. The zero-order valence-corrected chi connectivity index (χ0v) is 24.1. The summed E-state index contributed by atoms with van der Waals surface area (Å²) >= 11 is 12.3. The van der Waals surface area contributed by atoms with Crippen LogP contribution in [0, 0.1) is 0 Å². The highest BCUT2D eigenvalue weighted by Gasteiger charge is 2.25. The number of hydrogen-bond donors (Lipinski definition) is 2. The third kappa shape index (κ3) is 6.90. The van der Waals surface area contributed by atoms with E-state index in [-0.39, 0.29) is 18.0 Å². The number of anilines is 2. The van der Waals surface area contributed by atoms with Crippen molar-refractivity contribution in [2.75, 3.05) is 31.4 Å². The lowest BCUT2D eigenvalue weighted by molar-refractivity contribution is -0.117. The summed E-state index contributed by atoms with van der Waals surface area (Å²) in [6.07, 6.45) is 0. The van der Waals surface area contributed by atoms with Gasteiger partial charge in [-0.1, -0.05) is 44.0 Å². The molecule has 2 N–H and O–H groups in total. The molecule has 0 aliphatic carbocycles. The number of hydrogen-bond acceptors (Lipinski definition) is 5. The minimum Gasteiger partial charge on any atom is -0.497 e. The molecule has 3 rings (SSSR count). The fourth-order valence-corrected chi connectivity index (χ4v) is 3.86. The quantitative estimate of drug-likeness (QED) is 0.332. The maximum atomic E-state index is 13.2. The number of urea groups is 1. The van der Waals surface area contributed by atoms with E-state index in [0.717, 1.165) is 5.69 Å². The third-order valence-corrected chi connectivity index (χ3v) is 6.48. The molecular weight excluding hydrogens is 529 g/mol. The van der Waals surface area contributed by atoms with Gasteiger partial charge in [-0.05, 0) is 44.2 Å². The summed E-state index contributed by atoms with van der Waals surface area (Å²) in [4.78, 5) is 27.8. The molecule has 0 aliphatic rings. The lowest BCUT2D eigenvalue weighted by atomic mass is 9.92. The van der Waals surface area contributed by atoms with Gasteiger partial charge >= 0.3 is 6.03 Å². The van der Waals surface area contributed by atoms with E-state index in [1.165, 1.54) is 12.0 Å². The second-order valence-electron chi connectivity index (χ2n) is 9.94. The lowest BCUT2D eigenvalue weighted by Gasteiger charge is -2.26. The van der Waals surface area contributed by atoms with Crippen LogP contribution in [0.5, 0.6) is 11.5 Å². The first-order valence-electron chi connectivity index (χ1n) is 12.0. The summed E-state index contributed by atoms with van der Waals surface area (Å²) in [6.45, 7) is 9.54. The minimum absolute atomic E-state index is 0.195. The number of methoxy groups -OCH3 is 2. The zero-order chi connectivity index (χ0) is 28.2. The Morgan fingerprint density at radius 1 is 1.00 bits per heavy atom. The summed E-state index contributed by atoms with van der Waals surface area (Å²) in [5.41, 5.74) is 1.58. The number of halogens is 2. The number of carbonyl (C=O) groups is 2. The van der Waals surface area contributed by atoms with Gasteiger partial charge in [0.2, 0.25) is 5.91 Å². The van der Waals surface area contributed by atoms with Gasteiger partial charge in [-0.2, -0.15) is 5.10 Å². The first-order chi connectivity index (χ1) is 17.8. The Kier molecular flexibility index (Phi) is 9.17. The van der Waals surface area contributed by atoms with Crippen LogP contribution in [0.15, 0.2) is 42.5 Å². The second kappa shape index (κ2) is 12.0. The molecule has 0 spiro atoms. The molecule has 38 heavy (non-hydrogen) atoms. The van der Waals surface area contributed by atoms with E-state index < -0.39 is 11.9 Å². The van der Waals surface area contributed by atoms with Crippen molar-refractivity contribution in [3.8, 4) is 17.2 Å². The molecule has 11 heteroatoms. The summed E-state index contributed by atoms with van der Waals surface area (Å²) < 4.78 is 12.2. The van der Waals surface area contributed by atoms with Crippen molar-refractivity contribution in [1.82, 2.24) is 14.7 Å². The maximum Gasteiger partial charge on any atom is 0.322 e. The van der Waals surface area contributed by atoms with E-state index in [2.05, 4.69) is 10.6 Å². The molecule has 0 radical (unpaired) electrons. The highest BCUT2D eigenvalue weighted by molar-refractivity contribution is 6.42. The Morgan fingerprint density at radius 3 is 2.29 bits per heavy atom. The molecule has 2 aromatic carbocycles.